The maximum atomic E-state index is 6.28. The molecule has 1 fully saturated rings. The number of ether oxygens (including phenoxy) is 1. The molecule has 1 aliphatic carbocycles. The predicted molar refractivity (Wildman–Crippen MR) is 135 cm³/mol. The Kier molecular flexibility index (Phi) is 8.07. The van der Waals surface area contributed by atoms with Crippen LogP contribution in [-0.4, -0.2) is 29.7 Å². The number of nitrogens with zero attached hydrogens (tertiary/aromatic N) is 3. The molecule has 32 heavy (non-hydrogen) atoms. The Morgan fingerprint density at radius 3 is 2.34 bits per heavy atom. The van der Waals surface area contributed by atoms with Gasteiger partial charge in [-0.25, -0.2) is 4.99 Å². The summed E-state index contributed by atoms with van der Waals surface area (Å²) in [5.74, 6) is 0.832. The second-order valence-electron chi connectivity index (χ2n) is 8.25. The highest BCUT2D eigenvalue weighted by atomic mass is 35.5. The van der Waals surface area contributed by atoms with Crippen molar-refractivity contribution in [2.75, 3.05) is 7.11 Å². The molecule has 1 saturated carbocycles. The van der Waals surface area contributed by atoms with E-state index < -0.39 is 5.66 Å². The molecule has 5 nitrogen and oxygen atoms in total. The van der Waals surface area contributed by atoms with Gasteiger partial charge in [-0.05, 0) is 62.3 Å². The van der Waals surface area contributed by atoms with Gasteiger partial charge in [0.15, 0.2) is 5.66 Å². The third-order valence-electron chi connectivity index (χ3n) is 6.50. The summed E-state index contributed by atoms with van der Waals surface area (Å²) in [6.45, 7) is 8.13. The number of aliphatic imine (C=N–C) groups is 2. The van der Waals surface area contributed by atoms with Gasteiger partial charge in [-0.15, -0.1) is 0 Å². The summed E-state index contributed by atoms with van der Waals surface area (Å²) in [5.41, 5.74) is 10.9. The summed E-state index contributed by atoms with van der Waals surface area (Å²) < 4.78 is 5.60. The fourth-order valence-electron chi connectivity index (χ4n) is 4.80. The zero-order valence-corrected chi connectivity index (χ0v) is 20.6. The molecular weight excluding hydrogens is 420 g/mol. The van der Waals surface area contributed by atoms with Crippen LogP contribution in [0.2, 0.25) is 5.02 Å². The number of nitrogens with two attached hydrogens (primary N) is 1. The van der Waals surface area contributed by atoms with Crippen LogP contribution in [0.4, 0.5) is 0 Å². The smallest absolute Gasteiger partial charge is 0.181 e. The van der Waals surface area contributed by atoms with Gasteiger partial charge in [0, 0.05) is 36.5 Å². The van der Waals surface area contributed by atoms with Gasteiger partial charge < -0.3 is 10.5 Å². The van der Waals surface area contributed by atoms with Gasteiger partial charge in [-0.3, -0.25) is 9.98 Å². The van der Waals surface area contributed by atoms with Gasteiger partial charge >= 0.3 is 0 Å². The van der Waals surface area contributed by atoms with E-state index in [1.54, 1.807) is 13.3 Å². The van der Waals surface area contributed by atoms with Crippen LogP contribution in [0.25, 0.3) is 11.1 Å². The maximum absolute atomic E-state index is 6.28. The van der Waals surface area contributed by atoms with E-state index in [4.69, 9.17) is 32.1 Å². The highest BCUT2D eigenvalue weighted by Gasteiger charge is 2.46. The molecule has 1 aromatic carbocycles. The molecule has 0 spiro atoms. The number of aryl methyl sites for hydroxylation is 1. The van der Waals surface area contributed by atoms with Crippen LogP contribution in [0, 0.1) is 5.92 Å². The third-order valence-corrected chi connectivity index (χ3v) is 6.71. The van der Waals surface area contributed by atoms with Gasteiger partial charge in [0.25, 0.3) is 0 Å². The average Bonchev–Trinajstić information content (AvgIpc) is 3.15. The standard InChI is InChI=1S/C24H29ClN4O.C2H6/c1-4-16-5-6-17(18-11-20(25)14-27-13-18)12-22(16)24(28-15(2)23(26)29-24)19-7-9-21(30-3)10-8-19;1-2/h5-6,11-14,19,21H,4,7-10H2,1-3H3,(H2,26,29);1-2H3. The minimum absolute atomic E-state index is 0.290. The Hall–Kier alpha value is -2.24. The largest absolute Gasteiger partial charge is 0.382 e. The first kappa shape index (κ1) is 24.4. The normalized spacial score (nSPS) is 24.9. The number of aromatic nitrogens is 1. The van der Waals surface area contributed by atoms with Gasteiger partial charge in [-0.1, -0.05) is 44.5 Å². The lowest BCUT2D eigenvalue weighted by atomic mass is 9.74. The fraction of sp³-hybridized carbons (Fsp3) is 0.500. The maximum Gasteiger partial charge on any atom is 0.181 e. The number of halogens is 1. The van der Waals surface area contributed by atoms with Crippen molar-refractivity contribution in [3.8, 4) is 11.1 Å². The van der Waals surface area contributed by atoms with E-state index in [1.807, 2.05) is 33.0 Å². The zero-order valence-electron chi connectivity index (χ0n) is 19.9. The van der Waals surface area contributed by atoms with Gasteiger partial charge in [-0.2, -0.15) is 0 Å². The summed E-state index contributed by atoms with van der Waals surface area (Å²) in [4.78, 5) is 14.4. The van der Waals surface area contributed by atoms with Crippen LogP contribution in [0.3, 0.4) is 0 Å². The van der Waals surface area contributed by atoms with Crippen LogP contribution in [-0.2, 0) is 16.8 Å². The van der Waals surface area contributed by atoms with Crippen molar-refractivity contribution in [3.05, 3.63) is 52.8 Å². The summed E-state index contributed by atoms with van der Waals surface area (Å²) in [6.07, 6.45) is 8.78. The van der Waals surface area contributed by atoms with Crippen LogP contribution in [0.15, 0.2) is 46.6 Å². The SMILES string of the molecule is CC.CCc1ccc(-c2cncc(Cl)c2)cc1C1(C2CCC(OC)CC2)N=C(C)C(N)=N1. The van der Waals surface area contributed by atoms with Crippen molar-refractivity contribution in [2.24, 2.45) is 21.6 Å². The van der Waals surface area contributed by atoms with E-state index in [2.05, 4.69) is 30.1 Å². The Morgan fingerprint density at radius 2 is 1.78 bits per heavy atom. The van der Waals surface area contributed by atoms with Gasteiger partial charge in [0.1, 0.15) is 5.84 Å². The summed E-state index contributed by atoms with van der Waals surface area (Å²) in [6, 6.07) is 8.47. The molecule has 2 N–H and O–H groups in total. The Balaban J connectivity index is 0.00000141. The number of rotatable bonds is 5. The zero-order chi connectivity index (χ0) is 23.3. The lowest BCUT2D eigenvalue weighted by Crippen LogP contribution is -2.36. The molecule has 0 saturated heterocycles. The lowest BCUT2D eigenvalue weighted by Gasteiger charge is -2.38. The first-order valence-corrected chi connectivity index (χ1v) is 12.0. The molecule has 1 aromatic heterocycles. The Labute approximate surface area is 197 Å². The Morgan fingerprint density at radius 1 is 1.06 bits per heavy atom. The quantitative estimate of drug-likeness (QED) is 0.586. The third kappa shape index (κ3) is 4.74. The Bertz CT molecular complexity index is 975. The number of hydrogen-bond donors (Lipinski definition) is 1. The van der Waals surface area contributed by atoms with E-state index in [-0.39, 0.29) is 5.92 Å². The average molecular weight is 455 g/mol. The second kappa shape index (κ2) is 10.6. The summed E-state index contributed by atoms with van der Waals surface area (Å²) in [7, 11) is 1.80. The number of methoxy groups -OCH3 is 1. The molecule has 2 aromatic rings. The molecule has 1 atom stereocenters. The van der Waals surface area contributed by atoms with E-state index in [0.717, 1.165) is 54.5 Å². The topological polar surface area (TPSA) is 72.9 Å². The highest BCUT2D eigenvalue weighted by molar-refractivity contribution is 6.41. The molecule has 2 heterocycles. The van der Waals surface area contributed by atoms with Crippen LogP contribution < -0.4 is 5.73 Å². The molecule has 172 valence electrons. The molecule has 2 aliphatic rings. The van der Waals surface area contributed by atoms with Gasteiger partial charge in [0.05, 0.1) is 16.8 Å². The van der Waals surface area contributed by atoms with Crippen LogP contribution in [0.5, 0.6) is 0 Å². The van der Waals surface area contributed by atoms with E-state index in [9.17, 15) is 0 Å². The first-order chi connectivity index (χ1) is 15.5. The van der Waals surface area contributed by atoms with Crippen molar-refractivity contribution in [1.82, 2.24) is 4.98 Å². The molecule has 4 rings (SSSR count). The molecule has 1 aliphatic heterocycles. The van der Waals surface area contributed by atoms with Crippen LogP contribution >= 0.6 is 11.6 Å². The van der Waals surface area contributed by atoms with E-state index in [0.29, 0.717) is 17.0 Å². The molecule has 0 bridgehead atoms. The van der Waals surface area contributed by atoms with Crippen molar-refractivity contribution in [1.29, 1.82) is 0 Å². The molecular formula is C26H35ClN4O. The number of hydrogen-bond acceptors (Lipinski definition) is 5. The fourth-order valence-corrected chi connectivity index (χ4v) is 4.98. The first-order valence-electron chi connectivity index (χ1n) is 11.7. The monoisotopic (exact) mass is 454 g/mol. The lowest BCUT2D eigenvalue weighted by molar-refractivity contribution is 0.0425. The molecule has 0 amide bonds. The number of benzene rings is 1. The summed E-state index contributed by atoms with van der Waals surface area (Å²) >= 11 is 6.20. The summed E-state index contributed by atoms with van der Waals surface area (Å²) in [5, 5.41) is 0.623. The molecule has 6 heteroatoms. The molecule has 1 unspecified atom stereocenters. The van der Waals surface area contributed by atoms with Gasteiger partial charge in [0.2, 0.25) is 0 Å². The van der Waals surface area contributed by atoms with Crippen molar-refractivity contribution >= 4 is 23.1 Å². The van der Waals surface area contributed by atoms with Crippen molar-refractivity contribution in [2.45, 2.75) is 71.6 Å². The van der Waals surface area contributed by atoms with E-state index in [1.165, 1.54) is 5.56 Å². The second-order valence-corrected chi connectivity index (χ2v) is 8.68. The highest BCUT2D eigenvalue weighted by Crippen LogP contribution is 2.48. The molecule has 0 radical (unpaired) electrons. The van der Waals surface area contributed by atoms with Crippen molar-refractivity contribution in [3.63, 3.8) is 0 Å². The minimum atomic E-state index is -0.666. The van der Waals surface area contributed by atoms with E-state index >= 15 is 0 Å². The number of amidine groups is 1. The number of pyridine rings is 1. The van der Waals surface area contributed by atoms with Crippen molar-refractivity contribution < 1.29 is 4.74 Å². The predicted octanol–water partition coefficient (Wildman–Crippen LogP) is 6.18. The van der Waals surface area contributed by atoms with Crippen LogP contribution in [0.1, 0.15) is 64.5 Å². The minimum Gasteiger partial charge on any atom is -0.382 e.